The van der Waals surface area contributed by atoms with E-state index in [0.29, 0.717) is 17.6 Å². The number of ketones is 1. The van der Waals surface area contributed by atoms with Gasteiger partial charge in [0.1, 0.15) is 0 Å². The molecule has 2 N–H and O–H groups in total. The van der Waals surface area contributed by atoms with E-state index in [1.165, 1.54) is 0 Å². The number of rotatable bonds is 3. The van der Waals surface area contributed by atoms with E-state index < -0.39 is 23.5 Å². The second-order valence-electron chi connectivity index (χ2n) is 5.17. The van der Waals surface area contributed by atoms with Crippen molar-refractivity contribution in [3.8, 4) is 0 Å². The second-order valence-corrected chi connectivity index (χ2v) is 6.08. The maximum atomic E-state index is 12.3. The number of imide groups is 1. The fourth-order valence-corrected chi connectivity index (χ4v) is 2.88. The average Bonchev–Trinajstić information content (AvgIpc) is 2.88. The van der Waals surface area contributed by atoms with Crippen LogP contribution in [-0.2, 0) is 25.6 Å². The van der Waals surface area contributed by atoms with Crippen LogP contribution in [0, 0.1) is 0 Å². The van der Waals surface area contributed by atoms with Gasteiger partial charge in [-0.05, 0) is 29.7 Å². The van der Waals surface area contributed by atoms with Crippen LogP contribution in [0.4, 0.5) is 0 Å². The molecule has 0 bridgehead atoms. The number of Topliss-reactive ketones (excluding diaryl/α,β-unsaturated/α-hetero) is 1. The molecule has 1 heterocycles. The SMILES string of the molecule is O=C1C=C(NC(=O)C(=O)C2=CCc3ccc(Br)cc32)CC(=O)N1. The molecule has 0 spiro atoms. The first kappa shape index (κ1) is 15.4. The Balaban J connectivity index is 1.77. The molecule has 0 unspecified atom stereocenters. The predicted octanol–water partition coefficient (Wildman–Crippen LogP) is 1.00. The largest absolute Gasteiger partial charge is 0.322 e. The number of amides is 3. The van der Waals surface area contributed by atoms with Crippen LogP contribution in [0.25, 0.3) is 5.57 Å². The normalized spacial score (nSPS) is 16.2. The van der Waals surface area contributed by atoms with E-state index in [4.69, 9.17) is 0 Å². The van der Waals surface area contributed by atoms with Crippen LogP contribution in [0.2, 0.25) is 0 Å². The molecular weight excluding hydrogens is 364 g/mol. The zero-order valence-corrected chi connectivity index (χ0v) is 13.4. The van der Waals surface area contributed by atoms with Crippen molar-refractivity contribution in [3.05, 3.63) is 51.6 Å². The number of nitrogens with one attached hydrogen (secondary N) is 2. The summed E-state index contributed by atoms with van der Waals surface area (Å²) in [5, 5.41) is 4.42. The summed E-state index contributed by atoms with van der Waals surface area (Å²) in [5.41, 5.74) is 2.12. The number of allylic oxidation sites excluding steroid dienone is 1. The summed E-state index contributed by atoms with van der Waals surface area (Å²) < 4.78 is 0.814. The lowest BCUT2D eigenvalue weighted by Crippen LogP contribution is -2.39. The topological polar surface area (TPSA) is 92.3 Å². The molecule has 1 aliphatic carbocycles. The minimum Gasteiger partial charge on any atom is -0.322 e. The molecule has 23 heavy (non-hydrogen) atoms. The summed E-state index contributed by atoms with van der Waals surface area (Å²) in [6.45, 7) is 0. The van der Waals surface area contributed by atoms with Gasteiger partial charge in [-0.25, -0.2) is 0 Å². The van der Waals surface area contributed by atoms with Gasteiger partial charge in [0, 0.05) is 21.8 Å². The van der Waals surface area contributed by atoms with Gasteiger partial charge in [-0.3, -0.25) is 24.5 Å². The van der Waals surface area contributed by atoms with Crippen LogP contribution in [0.15, 0.2) is 40.5 Å². The van der Waals surface area contributed by atoms with E-state index in [1.54, 1.807) is 12.1 Å². The first-order chi connectivity index (χ1) is 10.9. The summed E-state index contributed by atoms with van der Waals surface area (Å²) in [5.74, 6) is -2.69. The van der Waals surface area contributed by atoms with E-state index in [0.717, 1.165) is 16.1 Å². The number of hydrogen-bond acceptors (Lipinski definition) is 4. The first-order valence-corrected chi connectivity index (χ1v) is 7.62. The van der Waals surface area contributed by atoms with E-state index >= 15 is 0 Å². The minimum absolute atomic E-state index is 0.116. The van der Waals surface area contributed by atoms with Crippen LogP contribution in [0.5, 0.6) is 0 Å². The Labute approximate surface area is 139 Å². The van der Waals surface area contributed by atoms with E-state index in [-0.39, 0.29) is 12.1 Å². The quantitative estimate of drug-likeness (QED) is 0.609. The van der Waals surface area contributed by atoms with Crippen molar-refractivity contribution >= 4 is 45.0 Å². The van der Waals surface area contributed by atoms with Crippen LogP contribution >= 0.6 is 15.9 Å². The van der Waals surface area contributed by atoms with Crippen molar-refractivity contribution < 1.29 is 19.2 Å². The highest BCUT2D eigenvalue weighted by molar-refractivity contribution is 9.10. The lowest BCUT2D eigenvalue weighted by Gasteiger charge is -2.13. The van der Waals surface area contributed by atoms with Gasteiger partial charge in [0.15, 0.2) is 0 Å². The molecule has 0 saturated carbocycles. The highest BCUT2D eigenvalue weighted by atomic mass is 79.9. The number of fused-ring (bicyclic) bond motifs is 1. The van der Waals surface area contributed by atoms with Gasteiger partial charge in [-0.2, -0.15) is 0 Å². The van der Waals surface area contributed by atoms with Crippen molar-refractivity contribution in [1.29, 1.82) is 0 Å². The zero-order chi connectivity index (χ0) is 16.6. The maximum Gasteiger partial charge on any atom is 0.296 e. The molecule has 7 heteroatoms. The van der Waals surface area contributed by atoms with E-state index in [2.05, 4.69) is 26.6 Å². The monoisotopic (exact) mass is 374 g/mol. The fourth-order valence-electron chi connectivity index (χ4n) is 2.52. The number of halogens is 1. The Kier molecular flexibility index (Phi) is 3.96. The zero-order valence-electron chi connectivity index (χ0n) is 11.8. The molecule has 116 valence electrons. The van der Waals surface area contributed by atoms with Gasteiger partial charge in [0.05, 0.1) is 6.42 Å². The molecule has 3 rings (SSSR count). The second kappa shape index (κ2) is 5.92. The number of benzene rings is 1. The number of carbonyl (C=O) groups excluding carboxylic acids is 4. The van der Waals surface area contributed by atoms with Crippen LogP contribution in [0.1, 0.15) is 17.5 Å². The molecule has 1 aromatic rings. The smallest absolute Gasteiger partial charge is 0.296 e. The molecule has 6 nitrogen and oxygen atoms in total. The minimum atomic E-state index is -0.863. The number of carbonyl (C=O) groups is 4. The maximum absolute atomic E-state index is 12.3. The van der Waals surface area contributed by atoms with E-state index in [9.17, 15) is 19.2 Å². The molecule has 3 amide bonds. The Morgan fingerprint density at radius 1 is 1.22 bits per heavy atom. The highest BCUT2D eigenvalue weighted by Gasteiger charge is 2.27. The first-order valence-electron chi connectivity index (χ1n) is 6.83. The predicted molar refractivity (Wildman–Crippen MR) is 84.8 cm³/mol. The van der Waals surface area contributed by atoms with Gasteiger partial charge in [0.25, 0.3) is 17.6 Å². The van der Waals surface area contributed by atoms with Crippen molar-refractivity contribution in [2.24, 2.45) is 0 Å². The van der Waals surface area contributed by atoms with Crippen molar-refractivity contribution in [2.45, 2.75) is 12.8 Å². The summed E-state index contributed by atoms with van der Waals surface area (Å²) in [6.07, 6.45) is 3.23. The van der Waals surface area contributed by atoms with Crippen molar-refractivity contribution in [3.63, 3.8) is 0 Å². The molecule has 0 saturated heterocycles. The molecular formula is C16H11BrN2O4. The third-order valence-electron chi connectivity index (χ3n) is 3.53. The lowest BCUT2D eigenvalue weighted by atomic mass is 10.0. The van der Waals surface area contributed by atoms with Crippen molar-refractivity contribution in [2.75, 3.05) is 0 Å². The summed E-state index contributed by atoms with van der Waals surface area (Å²) in [7, 11) is 0. The Morgan fingerprint density at radius 3 is 2.74 bits per heavy atom. The fraction of sp³-hybridized carbons (Fsp3) is 0.125. The molecule has 1 aromatic carbocycles. The molecule has 2 aliphatic rings. The summed E-state index contributed by atoms with van der Waals surface area (Å²) >= 11 is 3.34. The van der Waals surface area contributed by atoms with Crippen molar-refractivity contribution in [1.82, 2.24) is 10.6 Å². The van der Waals surface area contributed by atoms with Crippen LogP contribution in [0.3, 0.4) is 0 Å². The van der Waals surface area contributed by atoms with Gasteiger partial charge in [0.2, 0.25) is 5.91 Å². The Morgan fingerprint density at radius 2 is 2.00 bits per heavy atom. The van der Waals surface area contributed by atoms with E-state index in [1.807, 2.05) is 12.1 Å². The Hall–Kier alpha value is -2.54. The van der Waals surface area contributed by atoms with Crippen LogP contribution in [-0.4, -0.2) is 23.5 Å². The van der Waals surface area contributed by atoms with Gasteiger partial charge in [-0.1, -0.05) is 28.1 Å². The third kappa shape index (κ3) is 3.14. The summed E-state index contributed by atoms with van der Waals surface area (Å²) in [6, 6.07) is 5.55. The van der Waals surface area contributed by atoms with Crippen LogP contribution < -0.4 is 10.6 Å². The van der Waals surface area contributed by atoms with Gasteiger partial charge in [-0.15, -0.1) is 0 Å². The van der Waals surface area contributed by atoms with Gasteiger partial charge < -0.3 is 5.32 Å². The average molecular weight is 375 g/mol. The van der Waals surface area contributed by atoms with Gasteiger partial charge >= 0.3 is 0 Å². The molecule has 0 fully saturated rings. The highest BCUT2D eigenvalue weighted by Crippen LogP contribution is 2.30. The standard InChI is InChI=1S/C16H11BrN2O4/c17-9-3-1-8-2-4-11(12(8)5-9)15(22)16(23)18-10-6-13(20)19-14(21)7-10/h1,3-6H,2,7H2,(H,18,23)(H,19,20,21). The Bertz CT molecular complexity index is 823. The number of hydrogen-bond donors (Lipinski definition) is 2. The third-order valence-corrected chi connectivity index (χ3v) is 4.03. The molecule has 0 aromatic heterocycles. The lowest BCUT2D eigenvalue weighted by molar-refractivity contribution is -0.134. The molecule has 0 radical (unpaired) electrons. The molecule has 1 aliphatic heterocycles. The molecule has 0 atom stereocenters. The summed E-state index contributed by atoms with van der Waals surface area (Å²) in [4.78, 5) is 47.0.